The summed E-state index contributed by atoms with van der Waals surface area (Å²) in [6, 6.07) is 0. The molecule has 4 N–H and O–H groups in total. The molecule has 0 atom stereocenters. The molecule has 146 valence electrons. The van der Waals surface area contributed by atoms with E-state index in [1.165, 1.54) is 19.3 Å². The van der Waals surface area contributed by atoms with Crippen molar-refractivity contribution >= 4 is 11.9 Å². The van der Waals surface area contributed by atoms with Crippen LogP contribution in [0.2, 0.25) is 0 Å². The average molecular weight is 355 g/mol. The number of aliphatic imine (C=N–C) groups is 1. The standard InChI is InChI=1S/C19H38N4O2/c1-5-20-17(22-13-12-21-16(25)18(2,3)4)23-15-19(11-14-24)9-7-6-8-10-19/h24H,5-15H2,1-4H3,(H,21,25)(H2,20,22,23). The lowest BCUT2D eigenvalue weighted by molar-refractivity contribution is -0.128. The molecule has 1 amide bonds. The summed E-state index contributed by atoms with van der Waals surface area (Å²) >= 11 is 0. The van der Waals surface area contributed by atoms with Gasteiger partial charge in [-0.05, 0) is 31.6 Å². The highest BCUT2D eigenvalue weighted by Gasteiger charge is 2.31. The molecule has 25 heavy (non-hydrogen) atoms. The Labute approximate surface area is 153 Å². The van der Waals surface area contributed by atoms with Gasteiger partial charge in [0.1, 0.15) is 0 Å². The van der Waals surface area contributed by atoms with Crippen molar-refractivity contribution in [1.29, 1.82) is 0 Å². The van der Waals surface area contributed by atoms with Crippen molar-refractivity contribution in [3.8, 4) is 0 Å². The molecule has 1 aliphatic rings. The number of aliphatic hydroxyl groups is 1. The van der Waals surface area contributed by atoms with Crippen LogP contribution in [0.3, 0.4) is 0 Å². The summed E-state index contributed by atoms with van der Waals surface area (Å²) < 4.78 is 0. The third kappa shape index (κ3) is 8.08. The monoisotopic (exact) mass is 354 g/mol. The van der Waals surface area contributed by atoms with Gasteiger partial charge in [0, 0.05) is 38.2 Å². The van der Waals surface area contributed by atoms with Crippen molar-refractivity contribution in [3.63, 3.8) is 0 Å². The number of aliphatic hydroxyl groups excluding tert-OH is 1. The maximum atomic E-state index is 11.9. The maximum Gasteiger partial charge on any atom is 0.225 e. The van der Waals surface area contributed by atoms with Gasteiger partial charge in [-0.25, -0.2) is 0 Å². The van der Waals surface area contributed by atoms with Gasteiger partial charge in [0.05, 0.1) is 0 Å². The fourth-order valence-electron chi connectivity index (χ4n) is 3.24. The van der Waals surface area contributed by atoms with E-state index in [0.29, 0.717) is 13.1 Å². The van der Waals surface area contributed by atoms with E-state index in [9.17, 15) is 9.90 Å². The molecular formula is C19H38N4O2. The molecule has 0 bridgehead atoms. The third-order valence-electron chi connectivity index (χ3n) is 4.86. The van der Waals surface area contributed by atoms with Crippen LogP contribution < -0.4 is 16.0 Å². The second-order valence-electron chi connectivity index (χ2n) is 8.16. The Morgan fingerprint density at radius 2 is 1.72 bits per heavy atom. The Balaban J connectivity index is 2.51. The zero-order valence-electron chi connectivity index (χ0n) is 16.6. The second-order valence-corrected chi connectivity index (χ2v) is 8.16. The number of nitrogens with one attached hydrogen (secondary N) is 3. The Hall–Kier alpha value is -1.30. The SMILES string of the molecule is CCNC(=NCC1(CCO)CCCCC1)NCCNC(=O)C(C)(C)C. The van der Waals surface area contributed by atoms with Gasteiger partial charge in [0.25, 0.3) is 0 Å². The molecule has 0 aromatic carbocycles. The predicted molar refractivity (Wildman–Crippen MR) is 104 cm³/mol. The van der Waals surface area contributed by atoms with Gasteiger partial charge < -0.3 is 21.1 Å². The highest BCUT2D eigenvalue weighted by molar-refractivity contribution is 5.81. The fourth-order valence-corrected chi connectivity index (χ4v) is 3.24. The molecular weight excluding hydrogens is 316 g/mol. The van der Waals surface area contributed by atoms with Gasteiger partial charge in [0.15, 0.2) is 5.96 Å². The molecule has 1 aliphatic carbocycles. The first kappa shape index (κ1) is 21.7. The van der Waals surface area contributed by atoms with Gasteiger partial charge in [-0.15, -0.1) is 0 Å². The van der Waals surface area contributed by atoms with Crippen LogP contribution in [0.1, 0.15) is 66.2 Å². The molecule has 1 fully saturated rings. The van der Waals surface area contributed by atoms with Gasteiger partial charge in [0.2, 0.25) is 5.91 Å². The zero-order valence-corrected chi connectivity index (χ0v) is 16.6. The minimum atomic E-state index is -0.365. The second kappa shape index (κ2) is 10.6. The maximum absolute atomic E-state index is 11.9. The van der Waals surface area contributed by atoms with Crippen molar-refractivity contribution in [2.45, 2.75) is 66.2 Å². The Kier molecular flexibility index (Phi) is 9.25. The fraction of sp³-hybridized carbons (Fsp3) is 0.895. The van der Waals surface area contributed by atoms with Gasteiger partial charge >= 0.3 is 0 Å². The molecule has 6 nitrogen and oxygen atoms in total. The normalized spacial score (nSPS) is 17.9. The van der Waals surface area contributed by atoms with Crippen molar-refractivity contribution in [3.05, 3.63) is 0 Å². The van der Waals surface area contributed by atoms with Crippen molar-refractivity contribution in [2.75, 3.05) is 32.8 Å². The molecule has 0 aliphatic heterocycles. The first-order chi connectivity index (χ1) is 11.8. The van der Waals surface area contributed by atoms with E-state index in [-0.39, 0.29) is 23.3 Å². The summed E-state index contributed by atoms with van der Waals surface area (Å²) in [5, 5.41) is 18.9. The molecule has 0 aromatic heterocycles. The van der Waals surface area contributed by atoms with Crippen molar-refractivity contribution < 1.29 is 9.90 Å². The summed E-state index contributed by atoms with van der Waals surface area (Å²) in [7, 11) is 0. The lowest BCUT2D eigenvalue weighted by Gasteiger charge is -2.35. The van der Waals surface area contributed by atoms with Crippen LogP contribution >= 0.6 is 0 Å². The predicted octanol–water partition coefficient (Wildman–Crippen LogP) is 2.04. The van der Waals surface area contributed by atoms with Crippen LogP contribution in [0.5, 0.6) is 0 Å². The molecule has 1 saturated carbocycles. The van der Waals surface area contributed by atoms with Crippen LogP contribution in [0, 0.1) is 10.8 Å². The van der Waals surface area contributed by atoms with Crippen molar-refractivity contribution in [2.24, 2.45) is 15.8 Å². The number of nitrogens with zero attached hydrogens (tertiary/aromatic N) is 1. The third-order valence-corrected chi connectivity index (χ3v) is 4.86. The number of carbonyl (C=O) groups is 1. The Bertz CT molecular complexity index is 418. The van der Waals surface area contributed by atoms with Crippen LogP contribution in [-0.2, 0) is 4.79 Å². The van der Waals surface area contributed by atoms with Gasteiger partial charge in [-0.2, -0.15) is 0 Å². The largest absolute Gasteiger partial charge is 0.396 e. The smallest absolute Gasteiger partial charge is 0.225 e. The summed E-state index contributed by atoms with van der Waals surface area (Å²) in [6.45, 7) is 10.8. The quantitative estimate of drug-likeness (QED) is 0.305. The molecule has 0 unspecified atom stereocenters. The van der Waals surface area contributed by atoms with Gasteiger partial charge in [-0.1, -0.05) is 40.0 Å². The first-order valence-corrected chi connectivity index (χ1v) is 9.74. The molecule has 0 spiro atoms. The summed E-state index contributed by atoms with van der Waals surface area (Å²) in [6.07, 6.45) is 6.90. The van der Waals surface area contributed by atoms with Gasteiger partial charge in [-0.3, -0.25) is 9.79 Å². The van der Waals surface area contributed by atoms with Crippen LogP contribution in [0.25, 0.3) is 0 Å². The summed E-state index contributed by atoms with van der Waals surface area (Å²) in [5.41, 5.74) is -0.216. The minimum absolute atomic E-state index is 0.0559. The van der Waals surface area contributed by atoms with Crippen molar-refractivity contribution in [1.82, 2.24) is 16.0 Å². The molecule has 0 heterocycles. The number of amides is 1. The van der Waals surface area contributed by atoms with E-state index in [4.69, 9.17) is 4.99 Å². The molecule has 0 saturated heterocycles. The van der Waals surface area contributed by atoms with E-state index in [0.717, 1.165) is 38.3 Å². The Morgan fingerprint density at radius 1 is 1.08 bits per heavy atom. The molecule has 0 aromatic rings. The molecule has 1 rings (SSSR count). The number of carbonyl (C=O) groups excluding carboxylic acids is 1. The summed E-state index contributed by atoms with van der Waals surface area (Å²) in [4.78, 5) is 16.6. The highest BCUT2D eigenvalue weighted by Crippen LogP contribution is 2.39. The van der Waals surface area contributed by atoms with E-state index in [2.05, 4.69) is 16.0 Å². The van der Waals surface area contributed by atoms with E-state index >= 15 is 0 Å². The Morgan fingerprint density at radius 3 is 2.28 bits per heavy atom. The first-order valence-electron chi connectivity index (χ1n) is 9.74. The zero-order chi connectivity index (χ0) is 18.8. The minimum Gasteiger partial charge on any atom is -0.396 e. The summed E-state index contributed by atoms with van der Waals surface area (Å²) in [5.74, 6) is 0.843. The van der Waals surface area contributed by atoms with E-state index in [1.807, 2.05) is 27.7 Å². The topological polar surface area (TPSA) is 85.8 Å². The lowest BCUT2D eigenvalue weighted by atomic mass is 9.72. The molecule has 6 heteroatoms. The van der Waals surface area contributed by atoms with Crippen LogP contribution in [0.15, 0.2) is 4.99 Å². The highest BCUT2D eigenvalue weighted by atomic mass is 16.3. The number of guanidine groups is 1. The molecule has 0 radical (unpaired) electrons. The lowest BCUT2D eigenvalue weighted by Crippen LogP contribution is -2.44. The number of hydrogen-bond donors (Lipinski definition) is 4. The van der Waals surface area contributed by atoms with Crippen LogP contribution in [-0.4, -0.2) is 49.8 Å². The van der Waals surface area contributed by atoms with E-state index < -0.39 is 0 Å². The van der Waals surface area contributed by atoms with Crippen LogP contribution in [0.4, 0.5) is 0 Å². The van der Waals surface area contributed by atoms with E-state index in [1.54, 1.807) is 0 Å². The number of hydrogen-bond acceptors (Lipinski definition) is 3. The average Bonchev–Trinajstić information content (AvgIpc) is 2.56. The number of rotatable bonds is 8.